The molecular formula is C15H13NO2S2. The van der Waals surface area contributed by atoms with Gasteiger partial charge in [-0.15, -0.1) is 11.3 Å². The smallest absolute Gasteiger partial charge is 0.296 e. The highest BCUT2D eigenvalue weighted by molar-refractivity contribution is 7.21. The molecule has 0 aliphatic rings. The lowest BCUT2D eigenvalue weighted by Gasteiger charge is -2.03. The van der Waals surface area contributed by atoms with Gasteiger partial charge in [0.2, 0.25) is 0 Å². The molecule has 0 radical (unpaired) electrons. The van der Waals surface area contributed by atoms with E-state index in [4.69, 9.17) is 0 Å². The molecule has 102 valence electrons. The van der Waals surface area contributed by atoms with Gasteiger partial charge in [0.1, 0.15) is 0 Å². The van der Waals surface area contributed by atoms with E-state index in [9.17, 15) is 9.59 Å². The van der Waals surface area contributed by atoms with E-state index in [2.05, 4.69) is 0 Å². The molecule has 0 unspecified atom stereocenters. The number of thiazole rings is 1. The Kier molecular flexibility index (Phi) is 3.31. The molecule has 0 N–H and O–H groups in total. The van der Waals surface area contributed by atoms with E-state index < -0.39 is 0 Å². The maximum atomic E-state index is 12.5. The van der Waals surface area contributed by atoms with Gasteiger partial charge in [-0.3, -0.25) is 14.2 Å². The lowest BCUT2D eigenvalue weighted by molar-refractivity contribution is 0.0974. The maximum Gasteiger partial charge on any atom is 0.307 e. The predicted octanol–water partition coefficient (Wildman–Crippen LogP) is 3.62. The van der Waals surface area contributed by atoms with Gasteiger partial charge in [0.25, 0.3) is 0 Å². The molecule has 0 aliphatic heterocycles. The molecule has 0 amide bonds. The number of aryl methyl sites for hydroxylation is 2. The number of rotatable bonds is 3. The summed E-state index contributed by atoms with van der Waals surface area (Å²) in [4.78, 5) is 24.8. The Hall–Kier alpha value is -1.72. The van der Waals surface area contributed by atoms with Gasteiger partial charge in [-0.1, -0.05) is 29.5 Å². The molecule has 20 heavy (non-hydrogen) atoms. The van der Waals surface area contributed by atoms with Crippen molar-refractivity contribution in [3.05, 3.63) is 55.4 Å². The van der Waals surface area contributed by atoms with Gasteiger partial charge >= 0.3 is 4.87 Å². The number of ketones is 1. The van der Waals surface area contributed by atoms with Gasteiger partial charge in [-0.05, 0) is 30.9 Å². The SMILES string of the molecule is Cc1c(C(=O)Cn2c(C)csc2=O)sc2ccccc12. The summed E-state index contributed by atoms with van der Waals surface area (Å²) in [5, 5.41) is 2.91. The molecule has 0 fully saturated rings. The summed E-state index contributed by atoms with van der Waals surface area (Å²) in [6, 6.07) is 8.00. The Balaban J connectivity index is 2.01. The summed E-state index contributed by atoms with van der Waals surface area (Å²) < 4.78 is 2.65. The molecule has 1 aromatic carbocycles. The fourth-order valence-electron chi connectivity index (χ4n) is 2.25. The van der Waals surface area contributed by atoms with Crippen LogP contribution in [-0.4, -0.2) is 10.4 Å². The van der Waals surface area contributed by atoms with Crippen LogP contribution in [0.2, 0.25) is 0 Å². The highest BCUT2D eigenvalue weighted by Gasteiger charge is 2.17. The van der Waals surface area contributed by atoms with Gasteiger partial charge in [0.05, 0.1) is 11.4 Å². The number of carbonyl (C=O) groups excluding carboxylic acids is 1. The minimum Gasteiger partial charge on any atom is -0.296 e. The van der Waals surface area contributed by atoms with Crippen molar-refractivity contribution >= 4 is 38.5 Å². The normalized spacial score (nSPS) is 11.1. The molecule has 0 atom stereocenters. The molecule has 0 spiro atoms. The monoisotopic (exact) mass is 303 g/mol. The molecule has 0 bridgehead atoms. The van der Waals surface area contributed by atoms with E-state index >= 15 is 0 Å². The third kappa shape index (κ3) is 2.13. The van der Waals surface area contributed by atoms with Crippen LogP contribution < -0.4 is 4.87 Å². The number of hydrogen-bond donors (Lipinski definition) is 0. The van der Waals surface area contributed by atoms with E-state index in [1.165, 1.54) is 15.9 Å². The van der Waals surface area contributed by atoms with Gasteiger partial charge in [0.15, 0.2) is 5.78 Å². The van der Waals surface area contributed by atoms with Crippen LogP contribution in [0.4, 0.5) is 0 Å². The van der Waals surface area contributed by atoms with Crippen LogP contribution in [0.3, 0.4) is 0 Å². The minimum atomic E-state index is -0.0744. The average Bonchev–Trinajstić information content (AvgIpc) is 2.94. The van der Waals surface area contributed by atoms with E-state index in [1.807, 2.05) is 38.1 Å². The third-order valence-electron chi connectivity index (χ3n) is 3.38. The molecule has 0 aliphatic carbocycles. The van der Waals surface area contributed by atoms with E-state index in [-0.39, 0.29) is 17.2 Å². The number of hydrogen-bond acceptors (Lipinski definition) is 4. The first kappa shape index (κ1) is 13.3. The molecule has 0 saturated carbocycles. The van der Waals surface area contributed by atoms with Crippen LogP contribution in [0.1, 0.15) is 20.9 Å². The summed E-state index contributed by atoms with van der Waals surface area (Å²) >= 11 is 2.64. The Bertz CT molecular complexity index is 854. The summed E-state index contributed by atoms with van der Waals surface area (Å²) in [5.74, 6) is 0.00676. The summed E-state index contributed by atoms with van der Waals surface area (Å²) in [6.45, 7) is 3.94. The molecule has 0 saturated heterocycles. The topological polar surface area (TPSA) is 39.1 Å². The maximum absolute atomic E-state index is 12.5. The molecule has 5 heteroatoms. The highest BCUT2D eigenvalue weighted by Crippen LogP contribution is 2.31. The van der Waals surface area contributed by atoms with Gasteiger partial charge < -0.3 is 0 Å². The van der Waals surface area contributed by atoms with Crippen molar-refractivity contribution in [2.75, 3.05) is 0 Å². The van der Waals surface area contributed by atoms with Gasteiger partial charge in [-0.2, -0.15) is 0 Å². The second-order valence-electron chi connectivity index (χ2n) is 4.70. The van der Waals surface area contributed by atoms with Crippen molar-refractivity contribution in [1.29, 1.82) is 0 Å². The largest absolute Gasteiger partial charge is 0.307 e. The summed E-state index contributed by atoms with van der Waals surface area (Å²) in [7, 11) is 0. The quantitative estimate of drug-likeness (QED) is 0.693. The van der Waals surface area contributed by atoms with Gasteiger partial charge in [0, 0.05) is 15.8 Å². The first-order valence-electron chi connectivity index (χ1n) is 6.24. The predicted molar refractivity (Wildman–Crippen MR) is 84.2 cm³/mol. The number of Topliss-reactive ketones (excluding diaryl/α,β-unsaturated/α-hetero) is 1. The Morgan fingerprint density at radius 3 is 2.65 bits per heavy atom. The van der Waals surface area contributed by atoms with Crippen molar-refractivity contribution in [1.82, 2.24) is 4.57 Å². The van der Waals surface area contributed by atoms with E-state index in [1.54, 1.807) is 5.38 Å². The van der Waals surface area contributed by atoms with Crippen molar-refractivity contribution in [2.45, 2.75) is 20.4 Å². The van der Waals surface area contributed by atoms with Crippen LogP contribution in [0.5, 0.6) is 0 Å². The van der Waals surface area contributed by atoms with Crippen LogP contribution in [0, 0.1) is 13.8 Å². The molecule has 3 rings (SSSR count). The van der Waals surface area contributed by atoms with Crippen LogP contribution in [-0.2, 0) is 6.54 Å². The first-order chi connectivity index (χ1) is 9.58. The zero-order chi connectivity index (χ0) is 14.3. The molecular weight excluding hydrogens is 290 g/mol. The zero-order valence-electron chi connectivity index (χ0n) is 11.2. The van der Waals surface area contributed by atoms with Crippen LogP contribution >= 0.6 is 22.7 Å². The lowest BCUT2D eigenvalue weighted by Crippen LogP contribution is -2.20. The van der Waals surface area contributed by atoms with E-state index in [0.29, 0.717) is 0 Å². The lowest BCUT2D eigenvalue weighted by atomic mass is 10.1. The standard InChI is InChI=1S/C15H13NO2S2/c1-9-8-19-15(18)16(9)7-12(17)14-10(2)11-5-3-4-6-13(11)20-14/h3-6,8H,7H2,1-2H3. The number of nitrogens with zero attached hydrogens (tertiary/aromatic N) is 1. The van der Waals surface area contributed by atoms with Crippen molar-refractivity contribution < 1.29 is 4.79 Å². The molecule has 3 aromatic rings. The second kappa shape index (κ2) is 5.00. The number of aromatic nitrogens is 1. The van der Waals surface area contributed by atoms with Crippen molar-refractivity contribution in [3.63, 3.8) is 0 Å². The summed E-state index contributed by atoms with van der Waals surface area (Å²) in [5.41, 5.74) is 1.85. The van der Waals surface area contributed by atoms with Crippen LogP contribution in [0.15, 0.2) is 34.4 Å². The summed E-state index contributed by atoms with van der Waals surface area (Å²) in [6.07, 6.45) is 0. The number of thiophene rings is 1. The third-order valence-corrected chi connectivity index (χ3v) is 5.57. The number of benzene rings is 1. The van der Waals surface area contributed by atoms with Crippen molar-refractivity contribution in [3.8, 4) is 0 Å². The fraction of sp³-hybridized carbons (Fsp3) is 0.200. The number of carbonyl (C=O) groups is 1. The van der Waals surface area contributed by atoms with Gasteiger partial charge in [-0.25, -0.2) is 0 Å². The fourth-order valence-corrected chi connectivity index (χ4v) is 4.13. The Labute approximate surface area is 124 Å². The zero-order valence-corrected chi connectivity index (χ0v) is 12.8. The number of fused-ring (bicyclic) bond motifs is 1. The Morgan fingerprint density at radius 2 is 2.00 bits per heavy atom. The second-order valence-corrected chi connectivity index (χ2v) is 6.58. The average molecular weight is 303 g/mol. The molecule has 2 heterocycles. The van der Waals surface area contributed by atoms with E-state index in [0.717, 1.165) is 37.6 Å². The molecule has 3 nitrogen and oxygen atoms in total. The minimum absolute atomic E-state index is 0.00676. The van der Waals surface area contributed by atoms with Crippen LogP contribution in [0.25, 0.3) is 10.1 Å². The molecule has 2 aromatic heterocycles. The highest BCUT2D eigenvalue weighted by atomic mass is 32.1. The first-order valence-corrected chi connectivity index (χ1v) is 7.94. The Morgan fingerprint density at radius 1 is 1.25 bits per heavy atom. The van der Waals surface area contributed by atoms with Crippen molar-refractivity contribution in [2.24, 2.45) is 0 Å².